The van der Waals surface area contributed by atoms with Gasteiger partial charge in [-0.05, 0) is 47.0 Å². The van der Waals surface area contributed by atoms with E-state index in [1.807, 2.05) is 0 Å². The molecule has 2 aliphatic heterocycles. The van der Waals surface area contributed by atoms with Gasteiger partial charge in [-0.15, -0.1) is 0 Å². The van der Waals surface area contributed by atoms with Gasteiger partial charge in [0.15, 0.2) is 0 Å². The molecule has 1 saturated heterocycles. The SMILES string of the molecule is C=CC(=O)N1CCCC(C(=O)N2CCOc3c(Br)cc(C(=O)OC)cc3C2)C1. The van der Waals surface area contributed by atoms with E-state index in [4.69, 9.17) is 9.47 Å². The van der Waals surface area contributed by atoms with Crippen molar-refractivity contribution in [3.05, 3.63) is 40.4 Å². The van der Waals surface area contributed by atoms with Crippen molar-refractivity contribution in [2.24, 2.45) is 5.92 Å². The van der Waals surface area contributed by atoms with E-state index in [-0.39, 0.29) is 17.7 Å². The molecule has 0 bridgehead atoms. The molecule has 1 aromatic rings. The second-order valence-corrected chi connectivity index (χ2v) is 7.73. The molecule has 0 spiro atoms. The van der Waals surface area contributed by atoms with E-state index < -0.39 is 5.97 Å². The lowest BCUT2D eigenvalue weighted by Gasteiger charge is -2.34. The molecule has 0 saturated carbocycles. The van der Waals surface area contributed by atoms with Gasteiger partial charge < -0.3 is 19.3 Å². The molecule has 28 heavy (non-hydrogen) atoms. The van der Waals surface area contributed by atoms with Crippen LogP contribution in [0.1, 0.15) is 28.8 Å². The smallest absolute Gasteiger partial charge is 0.337 e. The number of rotatable bonds is 3. The molecule has 1 unspecified atom stereocenters. The summed E-state index contributed by atoms with van der Waals surface area (Å²) in [4.78, 5) is 40.4. The van der Waals surface area contributed by atoms with Crippen molar-refractivity contribution in [2.45, 2.75) is 19.4 Å². The van der Waals surface area contributed by atoms with Gasteiger partial charge in [-0.1, -0.05) is 6.58 Å². The van der Waals surface area contributed by atoms with Gasteiger partial charge in [-0.25, -0.2) is 4.79 Å². The average molecular weight is 451 g/mol. The third-order valence-electron chi connectivity index (χ3n) is 5.08. The molecule has 2 amide bonds. The Morgan fingerprint density at radius 1 is 1.29 bits per heavy atom. The fourth-order valence-corrected chi connectivity index (χ4v) is 4.28. The van der Waals surface area contributed by atoms with Crippen molar-refractivity contribution in [1.29, 1.82) is 0 Å². The number of hydrogen-bond donors (Lipinski definition) is 0. The third kappa shape index (κ3) is 4.22. The van der Waals surface area contributed by atoms with Crippen molar-refractivity contribution in [3.63, 3.8) is 0 Å². The van der Waals surface area contributed by atoms with E-state index in [1.54, 1.807) is 21.9 Å². The number of ether oxygens (including phenoxy) is 2. The first-order valence-electron chi connectivity index (χ1n) is 9.18. The standard InChI is InChI=1S/C20H23BrN2O5/c1-3-17(24)22-6-4-5-13(11-22)19(25)23-7-8-28-18-15(12-23)9-14(10-16(18)21)20(26)27-2/h3,9-10,13H,1,4-8,11-12H2,2H3. The van der Waals surface area contributed by atoms with Crippen molar-refractivity contribution in [3.8, 4) is 5.75 Å². The maximum Gasteiger partial charge on any atom is 0.337 e. The number of fused-ring (bicyclic) bond motifs is 1. The van der Waals surface area contributed by atoms with Crippen molar-refractivity contribution in [1.82, 2.24) is 9.80 Å². The van der Waals surface area contributed by atoms with Gasteiger partial charge in [0.05, 0.1) is 29.6 Å². The van der Waals surface area contributed by atoms with E-state index in [1.165, 1.54) is 13.2 Å². The number of likely N-dealkylation sites (tertiary alicyclic amines) is 1. The molecular weight excluding hydrogens is 428 g/mol. The molecule has 1 aromatic carbocycles. The number of hydrogen-bond acceptors (Lipinski definition) is 5. The number of halogens is 1. The Hall–Kier alpha value is -2.35. The van der Waals surface area contributed by atoms with Gasteiger partial charge >= 0.3 is 5.97 Å². The summed E-state index contributed by atoms with van der Waals surface area (Å²) in [7, 11) is 1.33. The first kappa shape index (κ1) is 20.4. The fraction of sp³-hybridized carbons (Fsp3) is 0.450. The summed E-state index contributed by atoms with van der Waals surface area (Å²) in [6, 6.07) is 3.36. The molecule has 0 N–H and O–H groups in total. The Morgan fingerprint density at radius 2 is 2.07 bits per heavy atom. The largest absolute Gasteiger partial charge is 0.490 e. The number of esters is 1. The Kier molecular flexibility index (Phi) is 6.39. The van der Waals surface area contributed by atoms with E-state index in [0.29, 0.717) is 48.6 Å². The number of methoxy groups -OCH3 is 1. The molecular formula is C20H23BrN2O5. The highest BCUT2D eigenvalue weighted by atomic mass is 79.9. The van der Waals surface area contributed by atoms with Crippen LogP contribution in [0.3, 0.4) is 0 Å². The van der Waals surface area contributed by atoms with Gasteiger partial charge in [0.25, 0.3) is 0 Å². The second-order valence-electron chi connectivity index (χ2n) is 6.87. The van der Waals surface area contributed by atoms with Crippen LogP contribution in [0.15, 0.2) is 29.3 Å². The number of carbonyl (C=O) groups excluding carboxylic acids is 3. The van der Waals surface area contributed by atoms with Gasteiger partial charge in [-0.2, -0.15) is 0 Å². The number of piperidine rings is 1. The summed E-state index contributed by atoms with van der Waals surface area (Å²) < 4.78 is 11.3. The first-order valence-corrected chi connectivity index (χ1v) is 9.97. The van der Waals surface area contributed by atoms with Crippen LogP contribution < -0.4 is 4.74 Å². The minimum atomic E-state index is -0.448. The van der Waals surface area contributed by atoms with Gasteiger partial charge in [-0.3, -0.25) is 9.59 Å². The Bertz CT molecular complexity index is 810. The van der Waals surface area contributed by atoms with Crippen LogP contribution in [-0.2, 0) is 20.9 Å². The first-order chi connectivity index (χ1) is 13.4. The Morgan fingerprint density at radius 3 is 2.79 bits per heavy atom. The van der Waals surface area contributed by atoms with Crippen LogP contribution in [0, 0.1) is 5.92 Å². The third-order valence-corrected chi connectivity index (χ3v) is 5.67. The van der Waals surface area contributed by atoms with Gasteiger partial charge in [0.1, 0.15) is 12.4 Å². The molecule has 3 rings (SSSR count). The van der Waals surface area contributed by atoms with E-state index in [0.717, 1.165) is 18.4 Å². The molecule has 0 radical (unpaired) electrons. The molecule has 8 heteroatoms. The minimum Gasteiger partial charge on any atom is -0.490 e. The number of carbonyl (C=O) groups is 3. The van der Waals surface area contributed by atoms with Crippen LogP contribution in [0.5, 0.6) is 5.75 Å². The maximum atomic E-state index is 13.1. The predicted molar refractivity (Wildman–Crippen MR) is 106 cm³/mol. The lowest BCUT2D eigenvalue weighted by molar-refractivity contribution is -0.140. The highest BCUT2D eigenvalue weighted by molar-refractivity contribution is 9.10. The zero-order valence-electron chi connectivity index (χ0n) is 15.8. The van der Waals surface area contributed by atoms with Crippen molar-refractivity contribution < 1.29 is 23.9 Å². The summed E-state index contributed by atoms with van der Waals surface area (Å²) in [6.45, 7) is 5.72. The number of amides is 2. The molecule has 150 valence electrons. The molecule has 0 aromatic heterocycles. The highest BCUT2D eigenvalue weighted by Crippen LogP contribution is 2.34. The summed E-state index contributed by atoms with van der Waals surface area (Å²) in [6.07, 6.45) is 2.82. The molecule has 7 nitrogen and oxygen atoms in total. The van der Waals surface area contributed by atoms with Gasteiger partial charge in [0.2, 0.25) is 11.8 Å². The molecule has 0 aliphatic carbocycles. The summed E-state index contributed by atoms with van der Waals surface area (Å²) in [5.74, 6) is -0.204. The normalized spacial score (nSPS) is 19.1. The lowest BCUT2D eigenvalue weighted by Crippen LogP contribution is -2.46. The van der Waals surface area contributed by atoms with Gasteiger partial charge in [0, 0.05) is 25.2 Å². The van der Waals surface area contributed by atoms with Crippen LogP contribution >= 0.6 is 15.9 Å². The summed E-state index contributed by atoms with van der Waals surface area (Å²) in [5.41, 5.74) is 1.14. The quantitative estimate of drug-likeness (QED) is 0.521. The molecule has 2 aliphatic rings. The van der Waals surface area contributed by atoms with Crippen LogP contribution in [0.4, 0.5) is 0 Å². The summed E-state index contributed by atoms with van der Waals surface area (Å²) in [5, 5.41) is 0. The van der Waals surface area contributed by atoms with Crippen molar-refractivity contribution >= 4 is 33.7 Å². The topological polar surface area (TPSA) is 76.2 Å². The summed E-state index contributed by atoms with van der Waals surface area (Å²) >= 11 is 3.44. The van der Waals surface area contributed by atoms with Crippen LogP contribution in [0.2, 0.25) is 0 Å². The van der Waals surface area contributed by atoms with Crippen molar-refractivity contribution in [2.75, 3.05) is 33.4 Å². The fourth-order valence-electron chi connectivity index (χ4n) is 3.66. The second kappa shape index (κ2) is 8.77. The lowest BCUT2D eigenvalue weighted by atomic mass is 9.96. The number of nitrogens with zero attached hydrogens (tertiary/aromatic N) is 2. The predicted octanol–water partition coefficient (Wildman–Crippen LogP) is 2.38. The van der Waals surface area contributed by atoms with E-state index >= 15 is 0 Å². The average Bonchev–Trinajstić information content (AvgIpc) is 2.94. The molecule has 1 atom stereocenters. The maximum absolute atomic E-state index is 13.1. The van der Waals surface area contributed by atoms with E-state index in [2.05, 4.69) is 22.5 Å². The highest BCUT2D eigenvalue weighted by Gasteiger charge is 2.32. The molecule has 1 fully saturated rings. The van der Waals surface area contributed by atoms with E-state index in [9.17, 15) is 14.4 Å². The Labute approximate surface area is 172 Å². The molecule has 2 heterocycles. The number of benzene rings is 1. The van der Waals surface area contributed by atoms with Crippen LogP contribution in [-0.4, -0.2) is 60.9 Å². The minimum absolute atomic E-state index is 0.00222. The van der Waals surface area contributed by atoms with Crippen LogP contribution in [0.25, 0.3) is 0 Å². The monoisotopic (exact) mass is 450 g/mol. The zero-order chi connectivity index (χ0) is 20.3. The Balaban J connectivity index is 1.80. The zero-order valence-corrected chi connectivity index (χ0v) is 17.4.